The van der Waals surface area contributed by atoms with E-state index in [0.29, 0.717) is 0 Å². The molecule has 0 fully saturated rings. The molecule has 0 aliphatic carbocycles. The van der Waals surface area contributed by atoms with Crippen LogP contribution in [0, 0.1) is 27.7 Å². The number of nitrogens with zero attached hydrogens (tertiary/aromatic N) is 2. The summed E-state index contributed by atoms with van der Waals surface area (Å²) < 4.78 is 0. The fourth-order valence-electron chi connectivity index (χ4n) is 1.83. The lowest BCUT2D eigenvalue weighted by atomic mass is 10.0. The summed E-state index contributed by atoms with van der Waals surface area (Å²) >= 11 is 0. The average molecular weight is 212 g/mol. The molecule has 0 saturated carbocycles. The molecule has 2 rings (SSSR count). The molecule has 2 aromatic heterocycles. The van der Waals surface area contributed by atoms with Crippen LogP contribution in [0.1, 0.15) is 22.5 Å². The van der Waals surface area contributed by atoms with Gasteiger partial charge in [0.25, 0.3) is 0 Å². The minimum atomic E-state index is 1.02. The summed E-state index contributed by atoms with van der Waals surface area (Å²) in [6.45, 7) is 8.24. The lowest BCUT2D eigenvalue weighted by Gasteiger charge is -2.09. The molecule has 82 valence electrons. The molecule has 0 bridgehead atoms. The van der Waals surface area contributed by atoms with Crippen LogP contribution in [0.3, 0.4) is 0 Å². The Morgan fingerprint density at radius 1 is 0.938 bits per heavy atom. The topological polar surface area (TPSA) is 25.8 Å². The molecule has 0 N–H and O–H groups in total. The molecule has 0 amide bonds. The molecule has 0 aromatic carbocycles. The van der Waals surface area contributed by atoms with E-state index in [1.807, 2.05) is 26.1 Å². The SMILES string of the molecule is Cc1cc(-c2nc(C)c(C)cc2C)ccn1. The summed E-state index contributed by atoms with van der Waals surface area (Å²) in [5.74, 6) is 0. The molecule has 0 atom stereocenters. The summed E-state index contributed by atoms with van der Waals surface area (Å²) in [6, 6.07) is 6.27. The smallest absolute Gasteiger partial charge is 0.0735 e. The Bertz CT molecular complexity index is 530. The van der Waals surface area contributed by atoms with Gasteiger partial charge in [0, 0.05) is 23.1 Å². The van der Waals surface area contributed by atoms with Crippen molar-refractivity contribution in [2.24, 2.45) is 0 Å². The normalized spacial score (nSPS) is 10.5. The Kier molecular flexibility index (Phi) is 2.73. The van der Waals surface area contributed by atoms with E-state index in [1.54, 1.807) is 0 Å². The number of hydrogen-bond donors (Lipinski definition) is 0. The van der Waals surface area contributed by atoms with Crippen molar-refractivity contribution in [2.75, 3.05) is 0 Å². The predicted octanol–water partition coefficient (Wildman–Crippen LogP) is 3.38. The molecule has 0 saturated heterocycles. The monoisotopic (exact) mass is 212 g/mol. The van der Waals surface area contributed by atoms with E-state index in [1.165, 1.54) is 11.1 Å². The molecular weight excluding hydrogens is 196 g/mol. The van der Waals surface area contributed by atoms with Crippen LogP contribution in [0.25, 0.3) is 11.3 Å². The molecule has 2 nitrogen and oxygen atoms in total. The maximum absolute atomic E-state index is 4.66. The van der Waals surface area contributed by atoms with E-state index in [9.17, 15) is 0 Å². The van der Waals surface area contributed by atoms with Gasteiger partial charge in [-0.2, -0.15) is 0 Å². The molecule has 2 heteroatoms. The van der Waals surface area contributed by atoms with Gasteiger partial charge in [-0.15, -0.1) is 0 Å². The average Bonchev–Trinajstić information content (AvgIpc) is 2.23. The molecule has 0 aliphatic rings. The first-order chi connectivity index (χ1) is 7.58. The number of hydrogen-bond acceptors (Lipinski definition) is 2. The van der Waals surface area contributed by atoms with Gasteiger partial charge in [0.15, 0.2) is 0 Å². The first-order valence-corrected chi connectivity index (χ1v) is 5.46. The predicted molar refractivity (Wildman–Crippen MR) is 66.4 cm³/mol. The van der Waals surface area contributed by atoms with Crippen molar-refractivity contribution >= 4 is 0 Å². The summed E-state index contributed by atoms with van der Waals surface area (Å²) in [5, 5.41) is 0. The second kappa shape index (κ2) is 4.05. The highest BCUT2D eigenvalue weighted by atomic mass is 14.7. The number of rotatable bonds is 1. The second-order valence-electron chi connectivity index (χ2n) is 4.24. The third-order valence-electron chi connectivity index (χ3n) is 2.83. The molecule has 16 heavy (non-hydrogen) atoms. The highest BCUT2D eigenvalue weighted by Gasteiger charge is 2.06. The molecule has 0 aliphatic heterocycles. The van der Waals surface area contributed by atoms with Gasteiger partial charge < -0.3 is 0 Å². The van der Waals surface area contributed by atoms with Crippen LogP contribution in [-0.4, -0.2) is 9.97 Å². The van der Waals surface area contributed by atoms with Crippen molar-refractivity contribution in [3.63, 3.8) is 0 Å². The maximum Gasteiger partial charge on any atom is 0.0735 e. The van der Waals surface area contributed by atoms with E-state index < -0.39 is 0 Å². The Hall–Kier alpha value is -1.70. The lowest BCUT2D eigenvalue weighted by molar-refractivity contribution is 1.12. The van der Waals surface area contributed by atoms with Crippen molar-refractivity contribution in [2.45, 2.75) is 27.7 Å². The minimum Gasteiger partial charge on any atom is -0.262 e. The molecular formula is C14H16N2. The molecule has 0 radical (unpaired) electrons. The first kappa shape index (κ1) is 10.8. The van der Waals surface area contributed by atoms with Crippen LogP contribution in [-0.2, 0) is 0 Å². The van der Waals surface area contributed by atoms with Gasteiger partial charge in [0.1, 0.15) is 0 Å². The van der Waals surface area contributed by atoms with Crippen LogP contribution in [0.2, 0.25) is 0 Å². The highest BCUT2D eigenvalue weighted by molar-refractivity contribution is 5.63. The lowest BCUT2D eigenvalue weighted by Crippen LogP contribution is -1.95. The third-order valence-corrected chi connectivity index (χ3v) is 2.83. The third kappa shape index (κ3) is 1.96. The van der Waals surface area contributed by atoms with E-state index in [2.05, 4.69) is 35.9 Å². The van der Waals surface area contributed by atoms with E-state index in [0.717, 1.165) is 22.6 Å². The molecule has 0 unspecified atom stereocenters. The van der Waals surface area contributed by atoms with Crippen molar-refractivity contribution in [3.8, 4) is 11.3 Å². The highest BCUT2D eigenvalue weighted by Crippen LogP contribution is 2.23. The summed E-state index contributed by atoms with van der Waals surface area (Å²) in [4.78, 5) is 8.86. The first-order valence-electron chi connectivity index (χ1n) is 5.46. The van der Waals surface area contributed by atoms with E-state index in [-0.39, 0.29) is 0 Å². The summed E-state index contributed by atoms with van der Waals surface area (Å²) in [6.07, 6.45) is 1.83. The van der Waals surface area contributed by atoms with Gasteiger partial charge in [-0.05, 0) is 51.0 Å². The number of aryl methyl sites for hydroxylation is 4. The van der Waals surface area contributed by atoms with Gasteiger partial charge in [0.05, 0.1) is 5.69 Å². The van der Waals surface area contributed by atoms with E-state index >= 15 is 0 Å². The van der Waals surface area contributed by atoms with Crippen LogP contribution < -0.4 is 0 Å². The summed E-state index contributed by atoms with van der Waals surface area (Å²) in [5.41, 5.74) is 6.79. The molecule has 0 spiro atoms. The van der Waals surface area contributed by atoms with Gasteiger partial charge >= 0.3 is 0 Å². The van der Waals surface area contributed by atoms with Crippen molar-refractivity contribution < 1.29 is 0 Å². The minimum absolute atomic E-state index is 1.02. The van der Waals surface area contributed by atoms with Gasteiger partial charge in [-0.25, -0.2) is 0 Å². The maximum atomic E-state index is 4.66. The van der Waals surface area contributed by atoms with Crippen molar-refractivity contribution in [1.82, 2.24) is 9.97 Å². The largest absolute Gasteiger partial charge is 0.262 e. The standard InChI is InChI=1S/C14H16N2/c1-9-7-10(2)14(16-12(9)4)13-5-6-15-11(3)8-13/h5-8H,1-4H3. The Morgan fingerprint density at radius 2 is 1.69 bits per heavy atom. The number of aromatic nitrogens is 2. The zero-order chi connectivity index (χ0) is 11.7. The second-order valence-corrected chi connectivity index (χ2v) is 4.24. The molecule has 2 aromatic rings. The van der Waals surface area contributed by atoms with Gasteiger partial charge in [-0.1, -0.05) is 6.07 Å². The van der Waals surface area contributed by atoms with Crippen LogP contribution in [0.15, 0.2) is 24.4 Å². The van der Waals surface area contributed by atoms with Crippen LogP contribution in [0.5, 0.6) is 0 Å². The van der Waals surface area contributed by atoms with Crippen molar-refractivity contribution in [1.29, 1.82) is 0 Å². The number of pyridine rings is 2. The van der Waals surface area contributed by atoms with E-state index in [4.69, 9.17) is 0 Å². The fraction of sp³-hybridized carbons (Fsp3) is 0.286. The Labute approximate surface area is 96.4 Å². The van der Waals surface area contributed by atoms with Crippen LogP contribution >= 0.6 is 0 Å². The van der Waals surface area contributed by atoms with Gasteiger partial charge in [-0.3, -0.25) is 9.97 Å². The van der Waals surface area contributed by atoms with Crippen LogP contribution in [0.4, 0.5) is 0 Å². The van der Waals surface area contributed by atoms with Crippen molar-refractivity contribution in [3.05, 3.63) is 46.9 Å². The zero-order valence-electron chi connectivity index (χ0n) is 10.2. The quantitative estimate of drug-likeness (QED) is 0.724. The van der Waals surface area contributed by atoms with Gasteiger partial charge in [0.2, 0.25) is 0 Å². The Balaban J connectivity index is 2.60. The molecule has 2 heterocycles. The fourth-order valence-corrected chi connectivity index (χ4v) is 1.83. The Morgan fingerprint density at radius 3 is 2.38 bits per heavy atom. The summed E-state index contributed by atoms with van der Waals surface area (Å²) in [7, 11) is 0. The zero-order valence-corrected chi connectivity index (χ0v) is 10.2.